The number of piperazine rings is 1. The van der Waals surface area contributed by atoms with Crippen molar-refractivity contribution in [3.63, 3.8) is 0 Å². The van der Waals surface area contributed by atoms with E-state index in [1.54, 1.807) is 12.3 Å². The van der Waals surface area contributed by atoms with Crippen molar-refractivity contribution in [1.29, 1.82) is 0 Å². The molecule has 2 fully saturated rings. The molecule has 0 amide bonds. The largest absolute Gasteiger partial charge is 0.363 e. The van der Waals surface area contributed by atoms with Gasteiger partial charge in [-0.1, -0.05) is 0 Å². The maximum Gasteiger partial charge on any atom is 0.229 e. The van der Waals surface area contributed by atoms with Gasteiger partial charge in [-0.15, -0.1) is 0 Å². The number of rotatable bonds is 4. The molecular weight excluding hydrogens is 359 g/mol. The molecule has 3 aromatic rings. The number of H-pyrrole nitrogens is 1. The van der Waals surface area contributed by atoms with Gasteiger partial charge in [0.2, 0.25) is 5.95 Å². The second-order valence-corrected chi connectivity index (χ2v) is 7.67. The van der Waals surface area contributed by atoms with E-state index >= 15 is 0 Å². The lowest BCUT2D eigenvalue weighted by Gasteiger charge is -2.35. The van der Waals surface area contributed by atoms with Crippen molar-refractivity contribution in [3.05, 3.63) is 30.2 Å². The molecule has 2 unspecified atom stereocenters. The number of anilines is 4. The Hall–Kier alpha value is -2.94. The predicted octanol–water partition coefficient (Wildman–Crippen LogP) is 2.24. The van der Waals surface area contributed by atoms with Gasteiger partial charge in [0.15, 0.2) is 0 Å². The summed E-state index contributed by atoms with van der Waals surface area (Å²) in [4.78, 5) is 13.8. The van der Waals surface area contributed by atoms with Gasteiger partial charge < -0.3 is 20.4 Å². The maximum absolute atomic E-state index is 14.5. The molecule has 2 atom stereocenters. The fourth-order valence-corrected chi connectivity index (χ4v) is 4.13. The van der Waals surface area contributed by atoms with Crippen LogP contribution in [0, 0.1) is 5.82 Å². The molecule has 9 heteroatoms. The molecule has 0 spiro atoms. The first-order valence-electron chi connectivity index (χ1n) is 9.53. The van der Waals surface area contributed by atoms with Crippen LogP contribution in [0.3, 0.4) is 0 Å². The summed E-state index contributed by atoms with van der Waals surface area (Å²) in [6.45, 7) is 1.89. The number of aromatic amines is 1. The Balaban J connectivity index is 1.53. The quantitative estimate of drug-likeness (QED) is 0.638. The topological polar surface area (TPSA) is 85.0 Å². The summed E-state index contributed by atoms with van der Waals surface area (Å²) >= 11 is 0. The van der Waals surface area contributed by atoms with Crippen molar-refractivity contribution in [1.82, 2.24) is 25.5 Å². The molecule has 28 heavy (non-hydrogen) atoms. The highest BCUT2D eigenvalue weighted by Gasteiger charge is 2.38. The number of nitrogens with one attached hydrogen (secondary N) is 3. The van der Waals surface area contributed by atoms with Gasteiger partial charge in [0, 0.05) is 56.8 Å². The molecule has 2 bridgehead atoms. The number of benzene rings is 1. The lowest BCUT2D eigenvalue weighted by molar-refractivity contribution is 0.477. The monoisotopic (exact) mass is 382 g/mol. The van der Waals surface area contributed by atoms with E-state index in [2.05, 4.69) is 25.7 Å². The average Bonchev–Trinajstić information content (AvgIpc) is 3.22. The van der Waals surface area contributed by atoms with E-state index in [0.717, 1.165) is 37.1 Å². The highest BCUT2D eigenvalue weighted by Crippen LogP contribution is 2.33. The highest BCUT2D eigenvalue weighted by atomic mass is 19.1. The summed E-state index contributed by atoms with van der Waals surface area (Å²) in [5.41, 5.74) is 1.03. The van der Waals surface area contributed by atoms with E-state index in [0.29, 0.717) is 35.1 Å². The zero-order valence-electron chi connectivity index (χ0n) is 15.9. The molecule has 2 aromatic heterocycles. The minimum atomic E-state index is -0.356. The van der Waals surface area contributed by atoms with Crippen LogP contribution in [0.25, 0.3) is 10.9 Å². The molecule has 0 saturated carbocycles. The first kappa shape index (κ1) is 17.2. The van der Waals surface area contributed by atoms with Gasteiger partial charge in [-0.05, 0) is 18.9 Å². The Kier molecular flexibility index (Phi) is 4.04. The maximum atomic E-state index is 14.5. The van der Waals surface area contributed by atoms with Crippen molar-refractivity contribution < 1.29 is 4.39 Å². The Morgan fingerprint density at radius 2 is 1.93 bits per heavy atom. The van der Waals surface area contributed by atoms with Crippen molar-refractivity contribution in [3.8, 4) is 0 Å². The molecule has 4 heterocycles. The molecule has 8 nitrogen and oxygen atoms in total. The first-order chi connectivity index (χ1) is 13.6. The summed E-state index contributed by atoms with van der Waals surface area (Å²) in [7, 11) is 3.89. The molecule has 0 radical (unpaired) electrons. The van der Waals surface area contributed by atoms with Crippen LogP contribution in [0.15, 0.2) is 24.4 Å². The third kappa shape index (κ3) is 2.91. The SMILES string of the molecule is CN(C)c1cc(Nc2cc3cn[nH]c3cc2F)nc(N2C3CCC2CNC3)n1. The van der Waals surface area contributed by atoms with Crippen LogP contribution in [-0.2, 0) is 0 Å². The first-order valence-corrected chi connectivity index (χ1v) is 9.53. The van der Waals surface area contributed by atoms with Gasteiger partial charge in [-0.2, -0.15) is 15.1 Å². The van der Waals surface area contributed by atoms with Crippen molar-refractivity contribution in [2.24, 2.45) is 0 Å². The smallest absolute Gasteiger partial charge is 0.229 e. The molecule has 2 aliphatic heterocycles. The highest BCUT2D eigenvalue weighted by molar-refractivity contribution is 5.83. The molecule has 146 valence electrons. The number of hydrogen-bond donors (Lipinski definition) is 3. The molecular formula is C19H23FN8. The van der Waals surface area contributed by atoms with Gasteiger partial charge in [0.05, 0.1) is 17.4 Å². The van der Waals surface area contributed by atoms with E-state index in [1.165, 1.54) is 6.07 Å². The molecule has 5 rings (SSSR count). The predicted molar refractivity (Wildman–Crippen MR) is 108 cm³/mol. The van der Waals surface area contributed by atoms with E-state index in [4.69, 9.17) is 9.97 Å². The standard InChI is InChI=1S/C19H23FN8/c1-27(2)18-7-17(23-16-5-11-8-22-26-15(11)6-14(16)20)24-19(25-18)28-12-3-4-13(28)10-21-9-12/h5-8,12-13,21H,3-4,9-10H2,1-2H3,(H,22,26)(H,23,24,25). The van der Waals surface area contributed by atoms with E-state index in [-0.39, 0.29) is 5.82 Å². The molecule has 3 N–H and O–H groups in total. The Labute approximate surface area is 162 Å². The van der Waals surface area contributed by atoms with Gasteiger partial charge in [0.1, 0.15) is 17.5 Å². The summed E-state index contributed by atoms with van der Waals surface area (Å²) < 4.78 is 14.5. The van der Waals surface area contributed by atoms with Gasteiger partial charge in [-0.3, -0.25) is 5.10 Å². The third-order valence-electron chi connectivity index (χ3n) is 5.56. The van der Waals surface area contributed by atoms with Crippen LogP contribution < -0.4 is 20.4 Å². The number of hydrogen-bond acceptors (Lipinski definition) is 7. The van der Waals surface area contributed by atoms with E-state index in [1.807, 2.05) is 25.1 Å². The second kappa shape index (κ2) is 6.59. The van der Waals surface area contributed by atoms with E-state index < -0.39 is 0 Å². The number of aromatic nitrogens is 4. The van der Waals surface area contributed by atoms with Crippen molar-refractivity contribution in [2.75, 3.05) is 42.3 Å². The third-order valence-corrected chi connectivity index (χ3v) is 5.56. The Morgan fingerprint density at radius 1 is 1.14 bits per heavy atom. The summed E-state index contributed by atoms with van der Waals surface area (Å²) in [5, 5.41) is 14.2. The van der Waals surface area contributed by atoms with E-state index in [9.17, 15) is 4.39 Å². The minimum Gasteiger partial charge on any atom is -0.363 e. The van der Waals surface area contributed by atoms with Crippen LogP contribution >= 0.6 is 0 Å². The van der Waals surface area contributed by atoms with Crippen LogP contribution in [-0.4, -0.2) is 59.4 Å². The van der Waals surface area contributed by atoms with Gasteiger partial charge >= 0.3 is 0 Å². The Bertz CT molecular complexity index is 1000. The van der Waals surface area contributed by atoms with Crippen LogP contribution in [0.2, 0.25) is 0 Å². The summed E-state index contributed by atoms with van der Waals surface area (Å²) in [6.07, 6.45) is 3.96. The molecule has 2 saturated heterocycles. The van der Waals surface area contributed by atoms with Crippen LogP contribution in [0.5, 0.6) is 0 Å². The number of fused-ring (bicyclic) bond motifs is 3. The fourth-order valence-electron chi connectivity index (χ4n) is 4.13. The lowest BCUT2D eigenvalue weighted by Crippen LogP contribution is -2.52. The molecule has 0 aliphatic carbocycles. The van der Waals surface area contributed by atoms with Gasteiger partial charge in [-0.25, -0.2) is 4.39 Å². The second-order valence-electron chi connectivity index (χ2n) is 7.67. The van der Waals surface area contributed by atoms with Gasteiger partial charge in [0.25, 0.3) is 0 Å². The zero-order chi connectivity index (χ0) is 19.3. The van der Waals surface area contributed by atoms with Crippen molar-refractivity contribution >= 4 is 34.2 Å². The fraction of sp³-hybridized carbons (Fsp3) is 0.421. The Morgan fingerprint density at radius 3 is 2.68 bits per heavy atom. The molecule has 1 aromatic carbocycles. The number of halogens is 1. The zero-order valence-corrected chi connectivity index (χ0v) is 15.9. The van der Waals surface area contributed by atoms with Crippen molar-refractivity contribution in [2.45, 2.75) is 24.9 Å². The molecule has 2 aliphatic rings. The number of nitrogens with zero attached hydrogens (tertiary/aromatic N) is 5. The van der Waals surface area contributed by atoms with Crippen LogP contribution in [0.1, 0.15) is 12.8 Å². The normalized spacial score (nSPS) is 21.3. The minimum absolute atomic E-state index is 0.356. The average molecular weight is 382 g/mol. The van der Waals surface area contributed by atoms with Crippen LogP contribution in [0.4, 0.5) is 27.7 Å². The summed E-state index contributed by atoms with van der Waals surface area (Å²) in [5.74, 6) is 1.71. The summed E-state index contributed by atoms with van der Waals surface area (Å²) in [6, 6.07) is 5.83. The lowest BCUT2D eigenvalue weighted by atomic mass is 10.2.